The Bertz CT molecular complexity index is 864. The minimum absolute atomic E-state index is 0.0101. The van der Waals surface area contributed by atoms with Crippen LogP contribution in [-0.2, 0) is 11.3 Å². The molecule has 25 heavy (non-hydrogen) atoms. The van der Waals surface area contributed by atoms with Gasteiger partial charge in [-0.2, -0.15) is 0 Å². The van der Waals surface area contributed by atoms with Crippen molar-refractivity contribution >= 4 is 29.0 Å². The fourth-order valence-electron chi connectivity index (χ4n) is 2.34. The van der Waals surface area contributed by atoms with Crippen molar-refractivity contribution in [2.45, 2.75) is 6.54 Å². The summed E-state index contributed by atoms with van der Waals surface area (Å²) in [6.45, 7) is 0.0845. The Labute approximate surface area is 147 Å². The number of hydrogen-bond acceptors (Lipinski definition) is 5. The zero-order chi connectivity index (χ0) is 18.0. The molecule has 128 valence electrons. The molecule has 0 bridgehead atoms. The molecule has 0 saturated carbocycles. The lowest BCUT2D eigenvalue weighted by Gasteiger charge is -2.12. The number of benzene rings is 2. The smallest absolute Gasteiger partial charge is 0.293 e. The van der Waals surface area contributed by atoms with E-state index in [0.717, 1.165) is 16.7 Å². The van der Waals surface area contributed by atoms with Gasteiger partial charge in [0.25, 0.3) is 11.1 Å². The van der Waals surface area contributed by atoms with E-state index in [1.807, 2.05) is 0 Å². The lowest BCUT2D eigenvalue weighted by Crippen LogP contribution is -2.27. The number of halogens is 1. The second-order valence-corrected chi connectivity index (χ2v) is 6.32. The van der Waals surface area contributed by atoms with Crippen molar-refractivity contribution in [3.05, 3.63) is 64.3 Å². The van der Waals surface area contributed by atoms with Crippen LogP contribution in [0.3, 0.4) is 0 Å². The number of amides is 2. The first-order valence-electron chi connectivity index (χ1n) is 7.35. The molecule has 0 aliphatic carbocycles. The molecule has 5 nitrogen and oxygen atoms in total. The van der Waals surface area contributed by atoms with Crippen LogP contribution in [0.1, 0.15) is 11.1 Å². The number of nitrogens with zero attached hydrogens (tertiary/aromatic N) is 1. The maximum absolute atomic E-state index is 13.0. The van der Waals surface area contributed by atoms with Crippen LogP contribution in [-0.4, -0.2) is 28.3 Å². The maximum atomic E-state index is 13.0. The molecule has 0 unspecified atom stereocenters. The molecule has 0 atom stereocenters. The largest absolute Gasteiger partial charge is 0.504 e. The number of imide groups is 1. The molecule has 2 amide bonds. The third-order valence-corrected chi connectivity index (χ3v) is 4.54. The average molecular weight is 359 g/mol. The zero-order valence-electron chi connectivity index (χ0n) is 13.2. The summed E-state index contributed by atoms with van der Waals surface area (Å²) in [5.41, 5.74) is 1.29. The lowest BCUT2D eigenvalue weighted by molar-refractivity contribution is -0.123. The van der Waals surface area contributed by atoms with Gasteiger partial charge < -0.3 is 9.84 Å². The number of rotatable bonds is 4. The molecule has 1 fully saturated rings. The van der Waals surface area contributed by atoms with Gasteiger partial charge in [0, 0.05) is 0 Å². The summed E-state index contributed by atoms with van der Waals surface area (Å²) < 4.78 is 18.0. The molecular formula is C18H14FNO4S. The monoisotopic (exact) mass is 359 g/mol. The molecule has 1 aliphatic rings. The van der Waals surface area contributed by atoms with Gasteiger partial charge >= 0.3 is 0 Å². The Morgan fingerprint density at radius 1 is 1.20 bits per heavy atom. The number of phenolic OH excluding ortho intramolecular Hbond substituents is 1. The van der Waals surface area contributed by atoms with Crippen molar-refractivity contribution in [2.75, 3.05) is 7.11 Å². The number of ether oxygens (including phenoxy) is 1. The first-order chi connectivity index (χ1) is 12.0. The van der Waals surface area contributed by atoms with Crippen molar-refractivity contribution in [1.29, 1.82) is 0 Å². The van der Waals surface area contributed by atoms with E-state index in [4.69, 9.17) is 4.74 Å². The molecule has 2 aromatic rings. The Morgan fingerprint density at radius 3 is 2.60 bits per heavy atom. The fraction of sp³-hybridized carbons (Fsp3) is 0.111. The summed E-state index contributed by atoms with van der Waals surface area (Å²) in [6, 6.07) is 10.3. The average Bonchev–Trinajstić information content (AvgIpc) is 2.86. The summed E-state index contributed by atoms with van der Waals surface area (Å²) in [5.74, 6) is -0.520. The summed E-state index contributed by atoms with van der Waals surface area (Å²) in [5, 5.41) is 9.23. The third kappa shape index (κ3) is 3.66. The van der Waals surface area contributed by atoms with Crippen LogP contribution in [0.5, 0.6) is 11.5 Å². The van der Waals surface area contributed by atoms with Gasteiger partial charge in [-0.1, -0.05) is 18.2 Å². The maximum Gasteiger partial charge on any atom is 0.293 e. The van der Waals surface area contributed by atoms with Crippen LogP contribution in [0, 0.1) is 5.82 Å². The van der Waals surface area contributed by atoms with Gasteiger partial charge in [0.05, 0.1) is 18.6 Å². The van der Waals surface area contributed by atoms with Gasteiger partial charge in [0.15, 0.2) is 11.5 Å². The number of methoxy groups -OCH3 is 1. The lowest BCUT2D eigenvalue weighted by atomic mass is 10.1. The fourth-order valence-corrected chi connectivity index (χ4v) is 3.18. The quantitative estimate of drug-likeness (QED) is 0.842. The highest BCUT2D eigenvalue weighted by Gasteiger charge is 2.35. The molecule has 7 heteroatoms. The molecule has 2 aromatic carbocycles. The summed E-state index contributed by atoms with van der Waals surface area (Å²) in [4.78, 5) is 26.0. The molecule has 1 aliphatic heterocycles. The van der Waals surface area contributed by atoms with Gasteiger partial charge in [-0.05, 0) is 53.2 Å². The minimum Gasteiger partial charge on any atom is -0.504 e. The van der Waals surface area contributed by atoms with Crippen molar-refractivity contribution in [2.24, 2.45) is 0 Å². The second-order valence-electron chi connectivity index (χ2n) is 5.33. The highest BCUT2D eigenvalue weighted by atomic mass is 32.2. The molecule has 1 saturated heterocycles. The standard InChI is InChI=1S/C18H14FNO4S/c1-24-15-8-12(4-7-14(15)21)9-16-17(22)20(18(23)25-16)10-11-2-5-13(19)6-3-11/h2-9,21H,10H2,1H3/b16-9-. The summed E-state index contributed by atoms with van der Waals surface area (Å²) in [7, 11) is 1.43. The Hall–Kier alpha value is -2.80. The van der Waals surface area contributed by atoms with E-state index in [9.17, 15) is 19.1 Å². The predicted molar refractivity (Wildman–Crippen MR) is 92.6 cm³/mol. The van der Waals surface area contributed by atoms with Crippen molar-refractivity contribution in [3.63, 3.8) is 0 Å². The van der Waals surface area contributed by atoms with E-state index in [-0.39, 0.29) is 34.0 Å². The van der Waals surface area contributed by atoms with Gasteiger partial charge in [-0.25, -0.2) is 4.39 Å². The van der Waals surface area contributed by atoms with Crippen LogP contribution in [0.2, 0.25) is 0 Å². The van der Waals surface area contributed by atoms with Crippen LogP contribution >= 0.6 is 11.8 Å². The first kappa shape index (κ1) is 17.0. The highest BCUT2D eigenvalue weighted by molar-refractivity contribution is 8.18. The topological polar surface area (TPSA) is 66.8 Å². The number of phenols is 1. The zero-order valence-corrected chi connectivity index (χ0v) is 14.0. The second kappa shape index (κ2) is 6.98. The molecule has 0 spiro atoms. The molecular weight excluding hydrogens is 345 g/mol. The van der Waals surface area contributed by atoms with Crippen molar-refractivity contribution in [1.82, 2.24) is 4.90 Å². The summed E-state index contributed by atoms with van der Waals surface area (Å²) >= 11 is 0.838. The molecule has 0 aromatic heterocycles. The third-order valence-electron chi connectivity index (χ3n) is 3.63. The van der Waals surface area contributed by atoms with Crippen molar-refractivity contribution in [3.8, 4) is 11.5 Å². The van der Waals surface area contributed by atoms with E-state index >= 15 is 0 Å². The van der Waals surface area contributed by atoms with E-state index < -0.39 is 5.91 Å². The number of carbonyl (C=O) groups excluding carboxylic acids is 2. The minimum atomic E-state index is -0.411. The Kier molecular flexibility index (Phi) is 4.76. The van der Waals surface area contributed by atoms with E-state index in [2.05, 4.69) is 0 Å². The van der Waals surface area contributed by atoms with Gasteiger partial charge in [0.1, 0.15) is 5.82 Å². The van der Waals surface area contributed by atoms with Crippen LogP contribution < -0.4 is 4.74 Å². The molecule has 0 radical (unpaired) electrons. The van der Waals surface area contributed by atoms with Gasteiger partial charge in [-0.3, -0.25) is 14.5 Å². The predicted octanol–water partition coefficient (Wildman–Crippen LogP) is 3.78. The Morgan fingerprint density at radius 2 is 1.92 bits per heavy atom. The summed E-state index contributed by atoms with van der Waals surface area (Å²) in [6.07, 6.45) is 1.57. The van der Waals surface area contributed by atoms with E-state index in [0.29, 0.717) is 11.1 Å². The van der Waals surface area contributed by atoms with Crippen LogP contribution in [0.25, 0.3) is 6.08 Å². The molecule has 1 heterocycles. The number of aromatic hydroxyl groups is 1. The number of carbonyl (C=O) groups is 2. The van der Waals surface area contributed by atoms with E-state index in [1.165, 1.54) is 37.4 Å². The molecule has 3 rings (SSSR count). The SMILES string of the molecule is COc1cc(/C=C2\SC(=O)N(Cc3ccc(F)cc3)C2=O)ccc1O. The van der Waals surface area contributed by atoms with Crippen LogP contribution in [0.4, 0.5) is 9.18 Å². The normalized spacial score (nSPS) is 15.9. The number of hydrogen-bond donors (Lipinski definition) is 1. The number of thioether (sulfide) groups is 1. The van der Waals surface area contributed by atoms with Gasteiger partial charge in [-0.15, -0.1) is 0 Å². The van der Waals surface area contributed by atoms with E-state index in [1.54, 1.807) is 18.2 Å². The van der Waals surface area contributed by atoms with Gasteiger partial charge in [0.2, 0.25) is 0 Å². The highest BCUT2D eigenvalue weighted by Crippen LogP contribution is 2.34. The Balaban J connectivity index is 1.82. The molecule has 1 N–H and O–H groups in total. The van der Waals surface area contributed by atoms with Crippen LogP contribution in [0.15, 0.2) is 47.4 Å². The van der Waals surface area contributed by atoms with Crippen molar-refractivity contribution < 1.29 is 23.8 Å². The first-order valence-corrected chi connectivity index (χ1v) is 8.16.